The lowest BCUT2D eigenvalue weighted by atomic mass is 10.1. The van der Waals surface area contributed by atoms with Crippen LogP contribution in [0.3, 0.4) is 0 Å². The molecule has 3 aromatic rings. The van der Waals surface area contributed by atoms with Gasteiger partial charge in [0.25, 0.3) is 0 Å². The van der Waals surface area contributed by atoms with E-state index in [0.717, 1.165) is 30.9 Å². The molecular formula is C23H30N6O2. The van der Waals surface area contributed by atoms with Crippen molar-refractivity contribution in [1.29, 1.82) is 0 Å². The molecule has 1 atom stereocenters. The molecule has 8 nitrogen and oxygen atoms in total. The molecule has 31 heavy (non-hydrogen) atoms. The van der Waals surface area contributed by atoms with Crippen LogP contribution in [0, 0.1) is 0 Å². The number of nitrogens with zero attached hydrogens (tertiary/aromatic N) is 5. The molecule has 1 saturated heterocycles. The molecule has 0 bridgehead atoms. The minimum atomic E-state index is 0.291. The summed E-state index contributed by atoms with van der Waals surface area (Å²) in [6, 6.07) is 16.6. The van der Waals surface area contributed by atoms with Gasteiger partial charge in [0.2, 0.25) is 0 Å². The van der Waals surface area contributed by atoms with Crippen LogP contribution in [0.5, 0.6) is 17.5 Å². The second kappa shape index (κ2) is 10.4. The average molecular weight is 423 g/mol. The van der Waals surface area contributed by atoms with Gasteiger partial charge in [-0.05, 0) is 73.1 Å². The van der Waals surface area contributed by atoms with E-state index >= 15 is 0 Å². The van der Waals surface area contributed by atoms with Crippen molar-refractivity contribution in [2.24, 2.45) is 0 Å². The molecule has 8 heteroatoms. The quantitative estimate of drug-likeness (QED) is 0.536. The van der Waals surface area contributed by atoms with E-state index in [1.165, 1.54) is 19.4 Å². The average Bonchev–Trinajstić information content (AvgIpc) is 3.45. The number of ether oxygens (including phenoxy) is 2. The van der Waals surface area contributed by atoms with Gasteiger partial charge in [0.15, 0.2) is 11.5 Å². The first kappa shape index (κ1) is 21.3. The molecule has 1 aromatic heterocycles. The molecule has 2 heterocycles. The summed E-state index contributed by atoms with van der Waals surface area (Å²) >= 11 is 0. The van der Waals surface area contributed by atoms with Gasteiger partial charge in [-0.15, -0.1) is 0 Å². The number of para-hydroxylation sites is 1. The lowest BCUT2D eigenvalue weighted by Crippen LogP contribution is -2.37. The van der Waals surface area contributed by atoms with Crippen molar-refractivity contribution in [3.8, 4) is 23.2 Å². The van der Waals surface area contributed by atoms with Gasteiger partial charge in [-0.1, -0.05) is 36.3 Å². The number of rotatable bonds is 10. The van der Waals surface area contributed by atoms with Gasteiger partial charge in [-0.3, -0.25) is 4.90 Å². The number of tetrazole rings is 1. The Morgan fingerprint density at radius 2 is 1.97 bits per heavy atom. The zero-order chi connectivity index (χ0) is 21.5. The third-order valence-corrected chi connectivity index (χ3v) is 5.57. The fraction of sp³-hybridized carbons (Fsp3) is 0.435. The van der Waals surface area contributed by atoms with E-state index in [2.05, 4.69) is 32.7 Å². The fourth-order valence-corrected chi connectivity index (χ4v) is 4.01. The lowest BCUT2D eigenvalue weighted by molar-refractivity contribution is 0.260. The fourth-order valence-electron chi connectivity index (χ4n) is 4.01. The van der Waals surface area contributed by atoms with E-state index in [9.17, 15) is 0 Å². The van der Waals surface area contributed by atoms with E-state index < -0.39 is 0 Å². The number of aromatic nitrogens is 4. The Hall–Kier alpha value is -2.97. The van der Waals surface area contributed by atoms with Gasteiger partial charge in [0.05, 0.1) is 12.3 Å². The molecule has 0 spiro atoms. The van der Waals surface area contributed by atoms with Crippen molar-refractivity contribution in [3.63, 3.8) is 0 Å². The number of likely N-dealkylation sites (N-methyl/N-ethyl adjacent to an activating group) is 1. The Labute approximate surface area is 183 Å². The normalized spacial score (nSPS) is 16.5. The van der Waals surface area contributed by atoms with Gasteiger partial charge in [0.1, 0.15) is 0 Å². The number of benzene rings is 2. The smallest absolute Gasteiger partial charge is 0.346 e. The van der Waals surface area contributed by atoms with Crippen LogP contribution in [0.2, 0.25) is 0 Å². The van der Waals surface area contributed by atoms with E-state index in [0.29, 0.717) is 30.2 Å². The molecule has 164 valence electrons. The van der Waals surface area contributed by atoms with Crippen molar-refractivity contribution in [2.75, 3.05) is 26.2 Å². The Morgan fingerprint density at radius 1 is 1.10 bits per heavy atom. The van der Waals surface area contributed by atoms with E-state index in [4.69, 9.17) is 9.47 Å². The predicted molar refractivity (Wildman–Crippen MR) is 119 cm³/mol. The Balaban J connectivity index is 1.44. The van der Waals surface area contributed by atoms with Crippen molar-refractivity contribution in [1.82, 2.24) is 30.4 Å². The zero-order valence-corrected chi connectivity index (χ0v) is 18.2. The second-order valence-corrected chi connectivity index (χ2v) is 7.58. The number of hydrogen-bond acceptors (Lipinski definition) is 7. The van der Waals surface area contributed by atoms with Crippen molar-refractivity contribution >= 4 is 0 Å². The molecule has 1 N–H and O–H groups in total. The van der Waals surface area contributed by atoms with Crippen LogP contribution in [0.4, 0.5) is 0 Å². The zero-order valence-electron chi connectivity index (χ0n) is 18.2. The third-order valence-electron chi connectivity index (χ3n) is 5.57. The minimum absolute atomic E-state index is 0.291. The highest BCUT2D eigenvalue weighted by Crippen LogP contribution is 2.32. The molecule has 1 aliphatic rings. The second-order valence-electron chi connectivity index (χ2n) is 7.58. The highest BCUT2D eigenvalue weighted by molar-refractivity contribution is 5.44. The van der Waals surface area contributed by atoms with E-state index in [1.54, 1.807) is 4.68 Å². The van der Waals surface area contributed by atoms with Gasteiger partial charge in [-0.2, -0.15) is 4.68 Å². The lowest BCUT2D eigenvalue weighted by Gasteiger charge is -2.23. The van der Waals surface area contributed by atoms with Crippen LogP contribution in [-0.2, 0) is 6.54 Å². The standard InChI is InChI=1S/C23H30N6O2/c1-3-28-14-8-11-20(28)17-24-16-18-12-13-21(22(15-18)30-4-2)31-23-25-26-27-29(23)19-9-6-5-7-10-19/h5-7,9-10,12-13,15,20,24H,3-4,8,11,14,16-17H2,1-2H3/t20-/m0/s1. The topological polar surface area (TPSA) is 77.3 Å². The first-order valence-corrected chi connectivity index (χ1v) is 11.0. The summed E-state index contributed by atoms with van der Waals surface area (Å²) in [6.07, 6.45) is 2.57. The maximum Gasteiger partial charge on any atom is 0.346 e. The summed E-state index contributed by atoms with van der Waals surface area (Å²) in [5.41, 5.74) is 1.98. The molecular weight excluding hydrogens is 392 g/mol. The first-order valence-electron chi connectivity index (χ1n) is 11.0. The van der Waals surface area contributed by atoms with E-state index in [1.807, 2.05) is 55.5 Å². The Morgan fingerprint density at radius 3 is 2.77 bits per heavy atom. The van der Waals surface area contributed by atoms with E-state index in [-0.39, 0.29) is 0 Å². The van der Waals surface area contributed by atoms with Crippen molar-refractivity contribution in [2.45, 2.75) is 39.3 Å². The molecule has 0 amide bonds. The van der Waals surface area contributed by atoms with Crippen LogP contribution < -0.4 is 14.8 Å². The number of nitrogens with one attached hydrogen (secondary N) is 1. The molecule has 0 saturated carbocycles. The van der Waals surface area contributed by atoms with Crippen molar-refractivity contribution in [3.05, 3.63) is 54.1 Å². The summed E-state index contributed by atoms with van der Waals surface area (Å²) in [7, 11) is 0. The number of likely N-dealkylation sites (tertiary alicyclic amines) is 1. The molecule has 2 aromatic carbocycles. The largest absolute Gasteiger partial charge is 0.490 e. The van der Waals surface area contributed by atoms with Crippen LogP contribution in [0.1, 0.15) is 32.3 Å². The van der Waals surface area contributed by atoms with Crippen molar-refractivity contribution < 1.29 is 9.47 Å². The third kappa shape index (κ3) is 5.21. The van der Waals surface area contributed by atoms with Crippen LogP contribution in [0.25, 0.3) is 5.69 Å². The summed E-state index contributed by atoms with van der Waals surface area (Å²) in [5, 5.41) is 15.4. The van der Waals surface area contributed by atoms with Crippen LogP contribution >= 0.6 is 0 Å². The Bertz CT molecular complexity index is 962. The van der Waals surface area contributed by atoms with Gasteiger partial charge >= 0.3 is 6.01 Å². The number of hydrogen-bond donors (Lipinski definition) is 1. The summed E-state index contributed by atoms with van der Waals surface area (Å²) in [5.74, 6) is 1.27. The monoisotopic (exact) mass is 422 g/mol. The molecule has 0 radical (unpaired) electrons. The molecule has 1 aliphatic heterocycles. The first-order chi connectivity index (χ1) is 15.3. The molecule has 0 unspecified atom stereocenters. The molecule has 0 aliphatic carbocycles. The highest BCUT2D eigenvalue weighted by atomic mass is 16.5. The van der Waals surface area contributed by atoms with Gasteiger partial charge < -0.3 is 14.8 Å². The maximum absolute atomic E-state index is 6.03. The van der Waals surface area contributed by atoms with Gasteiger partial charge in [0, 0.05) is 19.1 Å². The summed E-state index contributed by atoms with van der Waals surface area (Å²) in [6.45, 7) is 8.87. The minimum Gasteiger partial charge on any atom is -0.490 e. The predicted octanol–water partition coefficient (Wildman–Crippen LogP) is 3.43. The summed E-state index contributed by atoms with van der Waals surface area (Å²) < 4.78 is 13.4. The van der Waals surface area contributed by atoms with Crippen LogP contribution in [-0.4, -0.2) is 57.4 Å². The maximum atomic E-state index is 6.03. The Kier molecular flexibility index (Phi) is 7.11. The SMILES string of the molecule is CCOc1cc(CNC[C@@H]2CCCN2CC)ccc1Oc1nnnn1-c1ccccc1. The molecule has 4 rings (SSSR count). The van der Waals surface area contributed by atoms with Gasteiger partial charge in [-0.25, -0.2) is 0 Å². The summed E-state index contributed by atoms with van der Waals surface area (Å²) in [4.78, 5) is 2.55. The van der Waals surface area contributed by atoms with Crippen LogP contribution in [0.15, 0.2) is 48.5 Å². The molecule has 1 fully saturated rings. The highest BCUT2D eigenvalue weighted by Gasteiger charge is 2.22.